The first kappa shape index (κ1) is 17.7. The summed E-state index contributed by atoms with van der Waals surface area (Å²) >= 11 is 6.08. The van der Waals surface area contributed by atoms with Crippen molar-refractivity contribution in [3.05, 3.63) is 34.3 Å². The maximum atomic E-state index is 12.0. The Morgan fingerprint density at radius 3 is 2.81 bits per heavy atom. The minimum atomic E-state index is -0.961. The number of carbonyl (C=O) groups excluding carboxylic acids is 1. The molecule has 0 aliphatic carbocycles. The van der Waals surface area contributed by atoms with Crippen LogP contribution in [0, 0.1) is 11.8 Å². The van der Waals surface area contributed by atoms with Crippen LogP contribution < -0.4 is 5.32 Å². The van der Waals surface area contributed by atoms with E-state index in [1.165, 1.54) is 0 Å². The Balaban J connectivity index is 2.77. The highest BCUT2D eigenvalue weighted by atomic mass is 35.5. The van der Waals surface area contributed by atoms with E-state index in [1.807, 2.05) is 0 Å². The second-order valence-electron chi connectivity index (χ2n) is 4.58. The van der Waals surface area contributed by atoms with Gasteiger partial charge < -0.3 is 10.4 Å². The Bertz CT molecular complexity index is 592. The van der Waals surface area contributed by atoms with Gasteiger partial charge in [-0.3, -0.25) is 9.00 Å². The molecule has 0 aromatic heterocycles. The summed E-state index contributed by atoms with van der Waals surface area (Å²) in [6.45, 7) is 1.80. The van der Waals surface area contributed by atoms with Gasteiger partial charge in [0.15, 0.2) is 0 Å². The smallest absolute Gasteiger partial charge is 0.251 e. The molecule has 2 N–H and O–H groups in total. The number of hydrogen-bond donors (Lipinski definition) is 2. The summed E-state index contributed by atoms with van der Waals surface area (Å²) in [6, 6.07) is 4.69. The van der Waals surface area contributed by atoms with Crippen molar-refractivity contribution >= 4 is 28.3 Å². The average molecular weight is 328 g/mol. The van der Waals surface area contributed by atoms with Crippen LogP contribution in [-0.2, 0) is 10.8 Å². The fourth-order valence-corrected chi connectivity index (χ4v) is 2.69. The highest BCUT2D eigenvalue weighted by Crippen LogP contribution is 2.17. The Morgan fingerprint density at radius 1 is 1.52 bits per heavy atom. The van der Waals surface area contributed by atoms with Gasteiger partial charge in [-0.15, -0.1) is 0 Å². The monoisotopic (exact) mass is 327 g/mol. The van der Waals surface area contributed by atoms with Gasteiger partial charge in [0.2, 0.25) is 0 Å². The van der Waals surface area contributed by atoms with Crippen molar-refractivity contribution in [2.24, 2.45) is 0 Å². The molecule has 114 valence electrons. The normalized spacial score (nSPS) is 13.0. The predicted octanol–water partition coefficient (Wildman–Crippen LogP) is 1.57. The largest absolute Gasteiger partial charge is 0.395 e. The van der Waals surface area contributed by atoms with E-state index < -0.39 is 10.8 Å². The van der Waals surface area contributed by atoms with E-state index in [0.29, 0.717) is 28.3 Å². The quantitative estimate of drug-likeness (QED) is 0.807. The van der Waals surface area contributed by atoms with Crippen LogP contribution in [-0.4, -0.2) is 39.9 Å². The fraction of sp³-hybridized carbons (Fsp3) is 0.400. The average Bonchev–Trinajstić information content (AvgIpc) is 2.39. The van der Waals surface area contributed by atoms with Crippen LogP contribution in [0.4, 0.5) is 0 Å². The first-order valence-electron chi connectivity index (χ1n) is 6.44. The van der Waals surface area contributed by atoms with Crippen molar-refractivity contribution in [2.45, 2.75) is 19.4 Å². The highest BCUT2D eigenvalue weighted by Gasteiger charge is 2.12. The molecule has 0 radical (unpaired) electrons. The van der Waals surface area contributed by atoms with Gasteiger partial charge >= 0.3 is 0 Å². The van der Waals surface area contributed by atoms with Crippen molar-refractivity contribution in [3.63, 3.8) is 0 Å². The number of halogens is 1. The van der Waals surface area contributed by atoms with Gasteiger partial charge in [0.25, 0.3) is 5.91 Å². The molecule has 6 heteroatoms. The Kier molecular flexibility index (Phi) is 7.44. The second kappa shape index (κ2) is 8.83. The van der Waals surface area contributed by atoms with E-state index in [-0.39, 0.29) is 18.6 Å². The second-order valence-corrected chi connectivity index (χ2v) is 6.47. The zero-order valence-electron chi connectivity index (χ0n) is 12.0. The molecule has 1 aromatic carbocycles. The third kappa shape index (κ3) is 6.30. The third-order valence-electron chi connectivity index (χ3n) is 2.55. The molecule has 0 spiro atoms. The number of amides is 1. The predicted molar refractivity (Wildman–Crippen MR) is 85.9 cm³/mol. The van der Waals surface area contributed by atoms with Gasteiger partial charge in [0.1, 0.15) is 0 Å². The van der Waals surface area contributed by atoms with Gasteiger partial charge in [-0.2, -0.15) is 0 Å². The van der Waals surface area contributed by atoms with Gasteiger partial charge in [-0.1, -0.05) is 23.4 Å². The lowest BCUT2D eigenvalue weighted by Gasteiger charge is -2.12. The molecule has 0 heterocycles. The zero-order chi connectivity index (χ0) is 15.8. The summed E-state index contributed by atoms with van der Waals surface area (Å²) < 4.78 is 11.1. The minimum absolute atomic E-state index is 0.00178. The van der Waals surface area contributed by atoms with Crippen LogP contribution in [0.3, 0.4) is 0 Å². The molecule has 2 atom stereocenters. The molecule has 0 aliphatic rings. The van der Waals surface area contributed by atoms with E-state index in [1.54, 1.807) is 31.4 Å². The molecule has 21 heavy (non-hydrogen) atoms. The van der Waals surface area contributed by atoms with Gasteiger partial charge in [-0.25, -0.2) is 0 Å². The molecule has 1 aromatic rings. The number of aliphatic hydroxyl groups is 1. The van der Waals surface area contributed by atoms with E-state index in [0.717, 1.165) is 0 Å². The number of rotatable bonds is 5. The summed E-state index contributed by atoms with van der Waals surface area (Å²) in [5, 5.41) is 11.8. The number of aliphatic hydroxyl groups excluding tert-OH is 1. The van der Waals surface area contributed by atoms with Crippen molar-refractivity contribution in [1.82, 2.24) is 5.32 Å². The lowest BCUT2D eigenvalue weighted by Crippen LogP contribution is -2.36. The summed E-state index contributed by atoms with van der Waals surface area (Å²) in [6.07, 6.45) is 1.98. The van der Waals surface area contributed by atoms with Crippen LogP contribution >= 0.6 is 11.6 Å². The van der Waals surface area contributed by atoms with Crippen molar-refractivity contribution < 1.29 is 14.1 Å². The number of carbonyl (C=O) groups is 1. The summed E-state index contributed by atoms with van der Waals surface area (Å²) in [5.74, 6) is 5.76. The van der Waals surface area contributed by atoms with Crippen LogP contribution in [0.25, 0.3) is 0 Å². The molecule has 0 saturated carbocycles. The lowest BCUT2D eigenvalue weighted by atomic mass is 10.1. The van der Waals surface area contributed by atoms with Crippen molar-refractivity contribution in [1.29, 1.82) is 0 Å². The fourth-order valence-electron chi connectivity index (χ4n) is 1.67. The van der Waals surface area contributed by atoms with Crippen LogP contribution in [0.2, 0.25) is 5.02 Å². The molecular formula is C15H18ClNO3S. The van der Waals surface area contributed by atoms with Gasteiger partial charge in [0, 0.05) is 46.4 Å². The van der Waals surface area contributed by atoms with E-state index >= 15 is 0 Å². The van der Waals surface area contributed by atoms with Crippen molar-refractivity contribution in [2.75, 3.05) is 18.6 Å². The molecule has 2 unspecified atom stereocenters. The van der Waals surface area contributed by atoms with Crippen LogP contribution in [0.1, 0.15) is 29.3 Å². The van der Waals surface area contributed by atoms with Gasteiger partial charge in [-0.05, 0) is 25.1 Å². The standard InChI is InChI=1S/C15H18ClNO3S/c1-11(10-21(2)20)17-15(19)13-7-6-12(14(16)9-13)5-3-4-8-18/h6-7,9,11,18H,4,8,10H2,1-2H3,(H,17,19). The maximum absolute atomic E-state index is 12.0. The molecule has 1 amide bonds. The Hall–Kier alpha value is -1.35. The minimum Gasteiger partial charge on any atom is -0.395 e. The van der Waals surface area contributed by atoms with E-state index in [2.05, 4.69) is 17.2 Å². The molecule has 0 fully saturated rings. The van der Waals surface area contributed by atoms with Crippen LogP contribution in [0.15, 0.2) is 18.2 Å². The lowest BCUT2D eigenvalue weighted by molar-refractivity contribution is 0.0943. The number of hydrogen-bond acceptors (Lipinski definition) is 3. The first-order valence-corrected chi connectivity index (χ1v) is 8.54. The third-order valence-corrected chi connectivity index (χ3v) is 3.84. The van der Waals surface area contributed by atoms with Crippen LogP contribution in [0.5, 0.6) is 0 Å². The topological polar surface area (TPSA) is 66.4 Å². The van der Waals surface area contributed by atoms with Crippen molar-refractivity contribution in [3.8, 4) is 11.8 Å². The zero-order valence-corrected chi connectivity index (χ0v) is 13.6. The summed E-state index contributed by atoms with van der Waals surface area (Å²) in [7, 11) is -0.961. The number of benzene rings is 1. The van der Waals surface area contributed by atoms with Gasteiger partial charge in [0.05, 0.1) is 11.6 Å². The summed E-state index contributed by atoms with van der Waals surface area (Å²) in [4.78, 5) is 12.0. The van der Waals surface area contributed by atoms with E-state index in [4.69, 9.17) is 16.7 Å². The molecule has 4 nitrogen and oxygen atoms in total. The first-order chi connectivity index (χ1) is 9.93. The number of nitrogens with one attached hydrogen (secondary N) is 1. The molecule has 0 saturated heterocycles. The molecule has 0 bridgehead atoms. The highest BCUT2D eigenvalue weighted by molar-refractivity contribution is 7.84. The molecular weight excluding hydrogens is 310 g/mol. The van der Waals surface area contributed by atoms with E-state index in [9.17, 15) is 9.00 Å². The summed E-state index contributed by atoms with van der Waals surface area (Å²) in [5.41, 5.74) is 1.05. The Labute approximate surface area is 132 Å². The SMILES string of the molecule is CC(CS(C)=O)NC(=O)c1ccc(C#CCCO)c(Cl)c1. The maximum Gasteiger partial charge on any atom is 0.251 e. The molecule has 1 rings (SSSR count). The Morgan fingerprint density at radius 2 is 2.24 bits per heavy atom. The molecule has 0 aliphatic heterocycles.